The fraction of sp³-hybridized carbons (Fsp3) is 0.222. The van der Waals surface area contributed by atoms with E-state index in [1.165, 1.54) is 5.01 Å². The second-order valence-electron chi connectivity index (χ2n) is 6.13. The van der Waals surface area contributed by atoms with Crippen molar-refractivity contribution in [1.29, 1.82) is 0 Å². The molecule has 2 aromatic carbocycles. The van der Waals surface area contributed by atoms with E-state index >= 15 is 0 Å². The van der Waals surface area contributed by atoms with Gasteiger partial charge in [0.05, 0.1) is 5.54 Å². The zero-order valence-electron chi connectivity index (χ0n) is 13.3. The number of halogens is 1. The van der Waals surface area contributed by atoms with Gasteiger partial charge in [0, 0.05) is 14.7 Å². The van der Waals surface area contributed by atoms with Gasteiger partial charge in [-0.2, -0.15) is 0 Å². The highest BCUT2D eigenvalue weighted by molar-refractivity contribution is 14.1. The predicted molar refractivity (Wildman–Crippen MR) is 99.0 cm³/mol. The minimum atomic E-state index is -0.551. The Morgan fingerprint density at radius 1 is 0.957 bits per heavy atom. The maximum Gasteiger partial charge on any atom is 0.272 e. The van der Waals surface area contributed by atoms with Crippen LogP contribution < -0.4 is 5.43 Å². The molecule has 2 amide bonds. The lowest BCUT2D eigenvalue weighted by Gasteiger charge is -2.35. The summed E-state index contributed by atoms with van der Waals surface area (Å²) in [5.41, 5.74) is 3.24. The first-order valence-electron chi connectivity index (χ1n) is 7.25. The van der Waals surface area contributed by atoms with Crippen LogP contribution in [0.15, 0.2) is 54.6 Å². The Morgan fingerprint density at radius 2 is 1.57 bits per heavy atom. The maximum atomic E-state index is 12.7. The summed E-state index contributed by atoms with van der Waals surface area (Å²) in [6.45, 7) is 5.63. The van der Waals surface area contributed by atoms with Gasteiger partial charge in [0.25, 0.3) is 11.8 Å². The monoisotopic (exact) mass is 422 g/mol. The molecule has 0 heterocycles. The average molecular weight is 422 g/mol. The largest absolute Gasteiger partial charge is 0.272 e. The number of amides is 2. The van der Waals surface area contributed by atoms with Crippen LogP contribution in [0.5, 0.6) is 0 Å². The molecule has 0 aliphatic heterocycles. The molecule has 0 saturated carbocycles. The van der Waals surface area contributed by atoms with Gasteiger partial charge in [-0.25, -0.2) is 5.01 Å². The summed E-state index contributed by atoms with van der Waals surface area (Å²) in [5, 5.41) is 1.38. The van der Waals surface area contributed by atoms with Crippen molar-refractivity contribution in [1.82, 2.24) is 10.4 Å². The molecule has 0 radical (unpaired) electrons. The van der Waals surface area contributed by atoms with Gasteiger partial charge < -0.3 is 0 Å². The summed E-state index contributed by atoms with van der Waals surface area (Å²) in [6.07, 6.45) is 0. The van der Waals surface area contributed by atoms with Crippen LogP contribution in [-0.2, 0) is 0 Å². The van der Waals surface area contributed by atoms with E-state index < -0.39 is 5.54 Å². The number of carbonyl (C=O) groups is 2. The van der Waals surface area contributed by atoms with Gasteiger partial charge in [0.15, 0.2) is 0 Å². The highest BCUT2D eigenvalue weighted by atomic mass is 127. The lowest BCUT2D eigenvalue weighted by molar-refractivity contribution is 0.0358. The Kier molecular flexibility index (Phi) is 5.41. The first-order chi connectivity index (χ1) is 10.8. The smallest absolute Gasteiger partial charge is 0.267 e. The van der Waals surface area contributed by atoms with Crippen LogP contribution in [-0.4, -0.2) is 22.4 Å². The summed E-state index contributed by atoms with van der Waals surface area (Å²) in [7, 11) is 0. The van der Waals surface area contributed by atoms with E-state index in [9.17, 15) is 9.59 Å². The molecule has 4 nitrogen and oxygen atoms in total. The first kappa shape index (κ1) is 17.5. The summed E-state index contributed by atoms with van der Waals surface area (Å²) in [5.74, 6) is -0.542. The number of carbonyl (C=O) groups excluding carboxylic acids is 2. The van der Waals surface area contributed by atoms with Crippen LogP contribution in [0, 0.1) is 3.57 Å². The molecule has 0 fully saturated rings. The van der Waals surface area contributed by atoms with Crippen molar-refractivity contribution in [3.63, 3.8) is 0 Å². The standard InChI is InChI=1S/C18H19IN2O2/c1-18(2,3)21(17(23)13-8-5-4-6-9-13)20-16(22)14-10-7-11-15(19)12-14/h4-12H,1-3H3,(H,20,22). The average Bonchev–Trinajstić information content (AvgIpc) is 2.51. The van der Waals surface area contributed by atoms with Gasteiger partial charge in [-0.1, -0.05) is 24.3 Å². The minimum Gasteiger partial charge on any atom is -0.267 e. The molecular formula is C18H19IN2O2. The van der Waals surface area contributed by atoms with Crippen molar-refractivity contribution in [3.05, 3.63) is 69.3 Å². The van der Waals surface area contributed by atoms with E-state index in [0.29, 0.717) is 11.1 Å². The van der Waals surface area contributed by atoms with E-state index in [-0.39, 0.29) is 11.8 Å². The molecule has 0 atom stereocenters. The zero-order chi connectivity index (χ0) is 17.0. The first-order valence-corrected chi connectivity index (χ1v) is 8.33. The Hall–Kier alpha value is -1.89. The fourth-order valence-corrected chi connectivity index (χ4v) is 2.57. The third kappa shape index (κ3) is 4.54. The molecule has 1 N–H and O–H groups in total. The molecular weight excluding hydrogens is 403 g/mol. The molecule has 0 aliphatic rings. The molecule has 5 heteroatoms. The van der Waals surface area contributed by atoms with Crippen molar-refractivity contribution in [2.75, 3.05) is 0 Å². The number of benzene rings is 2. The zero-order valence-corrected chi connectivity index (χ0v) is 15.5. The lowest BCUT2D eigenvalue weighted by Crippen LogP contribution is -2.55. The lowest BCUT2D eigenvalue weighted by atomic mass is 10.1. The van der Waals surface area contributed by atoms with Crippen LogP contribution in [0.3, 0.4) is 0 Å². The summed E-state index contributed by atoms with van der Waals surface area (Å²) in [4.78, 5) is 25.2. The molecule has 23 heavy (non-hydrogen) atoms. The van der Waals surface area contributed by atoms with Crippen molar-refractivity contribution in [3.8, 4) is 0 Å². The maximum absolute atomic E-state index is 12.7. The molecule has 2 aromatic rings. The molecule has 0 aromatic heterocycles. The number of nitrogens with zero attached hydrogens (tertiary/aromatic N) is 1. The van der Waals surface area contributed by atoms with Crippen molar-refractivity contribution >= 4 is 34.4 Å². The van der Waals surface area contributed by atoms with Crippen molar-refractivity contribution in [2.24, 2.45) is 0 Å². The van der Waals surface area contributed by atoms with Gasteiger partial charge in [-0.15, -0.1) is 0 Å². The third-order valence-corrected chi connectivity index (χ3v) is 3.87. The van der Waals surface area contributed by atoms with Gasteiger partial charge >= 0.3 is 0 Å². The minimum absolute atomic E-state index is 0.239. The number of hydrazine groups is 1. The Bertz CT molecular complexity index is 708. The molecule has 2 rings (SSSR count). The Labute approximate surface area is 150 Å². The highest BCUT2D eigenvalue weighted by Gasteiger charge is 2.29. The van der Waals surface area contributed by atoms with Gasteiger partial charge in [-0.05, 0) is 73.7 Å². The molecule has 120 valence electrons. The van der Waals surface area contributed by atoms with Crippen LogP contribution in [0.25, 0.3) is 0 Å². The van der Waals surface area contributed by atoms with E-state index in [4.69, 9.17) is 0 Å². The van der Waals surface area contributed by atoms with Gasteiger partial charge in [-0.3, -0.25) is 15.0 Å². The molecule has 0 bridgehead atoms. The van der Waals surface area contributed by atoms with Gasteiger partial charge in [0.1, 0.15) is 0 Å². The molecule has 0 unspecified atom stereocenters. The second kappa shape index (κ2) is 7.12. The van der Waals surface area contributed by atoms with E-state index in [1.807, 2.05) is 39.0 Å². The van der Waals surface area contributed by atoms with Crippen molar-refractivity contribution < 1.29 is 9.59 Å². The Balaban J connectivity index is 2.27. The van der Waals surface area contributed by atoms with E-state index in [2.05, 4.69) is 28.0 Å². The number of hydrogen-bond donors (Lipinski definition) is 1. The van der Waals surface area contributed by atoms with E-state index in [1.54, 1.807) is 36.4 Å². The van der Waals surface area contributed by atoms with Crippen LogP contribution in [0.4, 0.5) is 0 Å². The number of nitrogens with one attached hydrogen (secondary N) is 1. The van der Waals surface area contributed by atoms with Crippen LogP contribution in [0.2, 0.25) is 0 Å². The fourth-order valence-electron chi connectivity index (χ4n) is 2.03. The SMILES string of the molecule is CC(C)(C)N(NC(=O)c1cccc(I)c1)C(=O)c1ccccc1. The van der Waals surface area contributed by atoms with Gasteiger partial charge in [0.2, 0.25) is 0 Å². The second-order valence-corrected chi connectivity index (χ2v) is 7.37. The summed E-state index contributed by atoms with van der Waals surface area (Å²) < 4.78 is 0.965. The normalized spacial score (nSPS) is 11.0. The summed E-state index contributed by atoms with van der Waals surface area (Å²) >= 11 is 2.15. The third-order valence-electron chi connectivity index (χ3n) is 3.19. The molecule has 0 spiro atoms. The van der Waals surface area contributed by atoms with E-state index in [0.717, 1.165) is 3.57 Å². The number of hydrogen-bond acceptors (Lipinski definition) is 2. The highest BCUT2D eigenvalue weighted by Crippen LogP contribution is 2.16. The summed E-state index contributed by atoms with van der Waals surface area (Å²) in [6, 6.07) is 16.2. The van der Waals surface area contributed by atoms with Crippen molar-refractivity contribution in [2.45, 2.75) is 26.3 Å². The topological polar surface area (TPSA) is 49.4 Å². The molecule has 0 saturated heterocycles. The number of rotatable bonds is 2. The quantitative estimate of drug-likeness (QED) is 0.590. The predicted octanol–water partition coefficient (Wildman–Crippen LogP) is 3.88. The van der Waals surface area contributed by atoms with Crippen LogP contribution in [0.1, 0.15) is 41.5 Å². The Morgan fingerprint density at radius 3 is 2.13 bits per heavy atom. The van der Waals surface area contributed by atoms with Crippen LogP contribution >= 0.6 is 22.6 Å². The molecule has 0 aliphatic carbocycles.